The van der Waals surface area contributed by atoms with Gasteiger partial charge < -0.3 is 19.8 Å². The SMILES string of the molecule is CCOCC(=O)N1C[C@H](O)C[C@H]1C(=O)O. The number of carbonyl (C=O) groups excluding carboxylic acids is 1. The van der Waals surface area contributed by atoms with E-state index < -0.39 is 18.1 Å². The number of carboxylic acid groups (broad SMARTS) is 1. The lowest BCUT2D eigenvalue weighted by atomic mass is 10.2. The average Bonchev–Trinajstić information content (AvgIpc) is 2.57. The minimum absolute atomic E-state index is 0.0723. The van der Waals surface area contributed by atoms with Crippen molar-refractivity contribution in [1.82, 2.24) is 4.90 Å². The Kier molecular flexibility index (Phi) is 4.05. The van der Waals surface area contributed by atoms with Crippen molar-refractivity contribution in [2.24, 2.45) is 0 Å². The molecule has 6 heteroatoms. The molecular formula is C9H15NO5. The van der Waals surface area contributed by atoms with Crippen molar-refractivity contribution in [3.8, 4) is 0 Å². The lowest BCUT2D eigenvalue weighted by Crippen LogP contribution is -2.42. The number of ether oxygens (including phenoxy) is 1. The second-order valence-electron chi connectivity index (χ2n) is 3.43. The van der Waals surface area contributed by atoms with Crippen LogP contribution in [0.25, 0.3) is 0 Å². The van der Waals surface area contributed by atoms with Gasteiger partial charge in [0.2, 0.25) is 5.91 Å². The number of aliphatic hydroxyl groups is 1. The number of rotatable bonds is 4. The average molecular weight is 217 g/mol. The lowest BCUT2D eigenvalue weighted by molar-refractivity contribution is -0.150. The van der Waals surface area contributed by atoms with E-state index in [2.05, 4.69) is 0 Å². The van der Waals surface area contributed by atoms with Gasteiger partial charge in [-0.15, -0.1) is 0 Å². The van der Waals surface area contributed by atoms with Gasteiger partial charge in [-0.05, 0) is 6.92 Å². The number of amides is 1. The second-order valence-corrected chi connectivity index (χ2v) is 3.43. The van der Waals surface area contributed by atoms with Crippen LogP contribution in [0.4, 0.5) is 0 Å². The van der Waals surface area contributed by atoms with Gasteiger partial charge >= 0.3 is 5.97 Å². The van der Waals surface area contributed by atoms with E-state index in [4.69, 9.17) is 9.84 Å². The quantitative estimate of drug-likeness (QED) is 0.635. The summed E-state index contributed by atoms with van der Waals surface area (Å²) in [6.45, 7) is 2.09. The first-order valence-corrected chi connectivity index (χ1v) is 4.84. The Morgan fingerprint density at radius 1 is 1.53 bits per heavy atom. The van der Waals surface area contributed by atoms with Crippen LogP contribution in [0.5, 0.6) is 0 Å². The lowest BCUT2D eigenvalue weighted by Gasteiger charge is -2.20. The normalized spacial score (nSPS) is 25.6. The summed E-state index contributed by atoms with van der Waals surface area (Å²) >= 11 is 0. The van der Waals surface area contributed by atoms with Crippen molar-refractivity contribution < 1.29 is 24.5 Å². The van der Waals surface area contributed by atoms with E-state index in [0.29, 0.717) is 6.61 Å². The minimum Gasteiger partial charge on any atom is -0.480 e. The molecule has 0 aliphatic carbocycles. The summed E-state index contributed by atoms with van der Waals surface area (Å²) in [5.41, 5.74) is 0. The Hall–Kier alpha value is -1.14. The molecule has 86 valence electrons. The fourth-order valence-corrected chi connectivity index (χ4v) is 1.60. The second kappa shape index (κ2) is 5.09. The fraction of sp³-hybridized carbons (Fsp3) is 0.778. The largest absolute Gasteiger partial charge is 0.480 e. The van der Waals surface area contributed by atoms with Gasteiger partial charge in [-0.25, -0.2) is 4.79 Å². The number of β-amino-alcohol motifs (C(OH)–C–C–N with tert-alkyl or cyclic N) is 1. The number of carbonyl (C=O) groups is 2. The molecule has 1 aliphatic heterocycles. The molecule has 0 aromatic heterocycles. The van der Waals surface area contributed by atoms with Gasteiger partial charge in [0.15, 0.2) is 0 Å². The third kappa shape index (κ3) is 2.90. The van der Waals surface area contributed by atoms with E-state index in [0.717, 1.165) is 4.90 Å². The van der Waals surface area contributed by atoms with Crippen molar-refractivity contribution in [3.63, 3.8) is 0 Å². The molecule has 0 bridgehead atoms. The summed E-state index contributed by atoms with van der Waals surface area (Å²) in [6.07, 6.45) is -0.663. The molecule has 2 N–H and O–H groups in total. The molecular weight excluding hydrogens is 202 g/mol. The zero-order valence-corrected chi connectivity index (χ0v) is 8.55. The molecule has 1 aliphatic rings. The first-order chi connectivity index (χ1) is 7.06. The van der Waals surface area contributed by atoms with Crippen molar-refractivity contribution in [2.75, 3.05) is 19.8 Å². The van der Waals surface area contributed by atoms with E-state index in [1.807, 2.05) is 0 Å². The van der Waals surface area contributed by atoms with E-state index in [1.54, 1.807) is 6.92 Å². The van der Waals surface area contributed by atoms with Crippen molar-refractivity contribution in [1.29, 1.82) is 0 Å². The van der Waals surface area contributed by atoms with Gasteiger partial charge in [0.1, 0.15) is 12.6 Å². The third-order valence-corrected chi connectivity index (χ3v) is 2.31. The smallest absolute Gasteiger partial charge is 0.326 e. The maximum absolute atomic E-state index is 11.5. The van der Waals surface area contributed by atoms with Crippen LogP contribution in [-0.4, -0.2) is 58.9 Å². The summed E-state index contributed by atoms with van der Waals surface area (Å²) in [5, 5.41) is 18.1. The maximum Gasteiger partial charge on any atom is 0.326 e. The van der Waals surface area contributed by atoms with Crippen molar-refractivity contribution in [2.45, 2.75) is 25.5 Å². The van der Waals surface area contributed by atoms with E-state index in [-0.39, 0.29) is 25.5 Å². The summed E-state index contributed by atoms with van der Waals surface area (Å²) in [5.74, 6) is -1.47. The highest BCUT2D eigenvalue weighted by molar-refractivity contribution is 5.85. The number of hydrogen-bond donors (Lipinski definition) is 2. The van der Waals surface area contributed by atoms with E-state index in [9.17, 15) is 14.7 Å². The number of hydrogen-bond acceptors (Lipinski definition) is 4. The molecule has 0 saturated carbocycles. The fourth-order valence-electron chi connectivity index (χ4n) is 1.60. The van der Waals surface area contributed by atoms with Gasteiger partial charge in [0, 0.05) is 19.6 Å². The van der Waals surface area contributed by atoms with Crippen LogP contribution in [0.1, 0.15) is 13.3 Å². The molecule has 0 unspecified atom stereocenters. The van der Waals surface area contributed by atoms with Crippen LogP contribution in [0.15, 0.2) is 0 Å². The van der Waals surface area contributed by atoms with Crippen LogP contribution in [0.3, 0.4) is 0 Å². The zero-order valence-electron chi connectivity index (χ0n) is 8.55. The number of carboxylic acids is 1. The van der Waals surface area contributed by atoms with Gasteiger partial charge in [-0.1, -0.05) is 0 Å². The van der Waals surface area contributed by atoms with Crippen LogP contribution in [-0.2, 0) is 14.3 Å². The molecule has 0 aromatic rings. The predicted molar refractivity (Wildman–Crippen MR) is 50.3 cm³/mol. The molecule has 0 spiro atoms. The number of aliphatic carboxylic acids is 1. The molecule has 1 amide bonds. The first kappa shape index (κ1) is 11.9. The van der Waals surface area contributed by atoms with Crippen molar-refractivity contribution >= 4 is 11.9 Å². The predicted octanol–water partition coefficient (Wildman–Crippen LogP) is -0.931. The van der Waals surface area contributed by atoms with Gasteiger partial charge in [-0.2, -0.15) is 0 Å². The summed E-state index contributed by atoms with van der Waals surface area (Å²) in [7, 11) is 0. The molecule has 1 fully saturated rings. The molecule has 1 heterocycles. The standard InChI is InChI=1S/C9H15NO5/c1-2-15-5-8(12)10-4-6(11)3-7(10)9(13)14/h6-7,11H,2-5H2,1H3,(H,13,14)/t6-,7+/m1/s1. The van der Waals surface area contributed by atoms with Crippen LogP contribution < -0.4 is 0 Å². The summed E-state index contributed by atoms with van der Waals surface area (Å²) in [6, 6.07) is -0.923. The molecule has 1 rings (SSSR count). The third-order valence-electron chi connectivity index (χ3n) is 2.31. The molecule has 6 nitrogen and oxygen atoms in total. The first-order valence-electron chi connectivity index (χ1n) is 4.84. The summed E-state index contributed by atoms with van der Waals surface area (Å²) < 4.78 is 4.91. The minimum atomic E-state index is -1.09. The van der Waals surface area contributed by atoms with E-state index >= 15 is 0 Å². The maximum atomic E-state index is 11.5. The Morgan fingerprint density at radius 3 is 2.73 bits per heavy atom. The monoisotopic (exact) mass is 217 g/mol. The molecule has 1 saturated heterocycles. The van der Waals surface area contributed by atoms with Gasteiger partial charge in [0.25, 0.3) is 0 Å². The highest BCUT2D eigenvalue weighted by atomic mass is 16.5. The Labute approximate surface area is 87.4 Å². The van der Waals surface area contributed by atoms with Gasteiger partial charge in [-0.3, -0.25) is 4.79 Å². The number of aliphatic hydroxyl groups excluding tert-OH is 1. The zero-order chi connectivity index (χ0) is 11.4. The highest BCUT2D eigenvalue weighted by Gasteiger charge is 2.38. The Morgan fingerprint density at radius 2 is 2.20 bits per heavy atom. The number of likely N-dealkylation sites (tertiary alicyclic amines) is 1. The van der Waals surface area contributed by atoms with Crippen LogP contribution >= 0.6 is 0 Å². The van der Waals surface area contributed by atoms with Crippen LogP contribution in [0.2, 0.25) is 0 Å². The van der Waals surface area contributed by atoms with Crippen molar-refractivity contribution in [3.05, 3.63) is 0 Å². The molecule has 2 atom stereocenters. The molecule has 15 heavy (non-hydrogen) atoms. The van der Waals surface area contributed by atoms with E-state index in [1.165, 1.54) is 0 Å². The number of nitrogens with zero attached hydrogens (tertiary/aromatic N) is 1. The molecule has 0 aromatic carbocycles. The molecule has 0 radical (unpaired) electrons. The Bertz CT molecular complexity index is 255. The van der Waals surface area contributed by atoms with Gasteiger partial charge in [0.05, 0.1) is 6.10 Å². The summed E-state index contributed by atoms with van der Waals surface area (Å²) in [4.78, 5) is 23.4. The highest BCUT2D eigenvalue weighted by Crippen LogP contribution is 2.18. The Balaban J connectivity index is 2.58. The van der Waals surface area contributed by atoms with Crippen LogP contribution in [0, 0.1) is 0 Å². The topological polar surface area (TPSA) is 87.1 Å².